The molecule has 16 heavy (non-hydrogen) atoms. The number of hydrogen-bond acceptors (Lipinski definition) is 2. The van der Waals surface area contributed by atoms with Gasteiger partial charge in [-0.1, -0.05) is 19.9 Å². The van der Waals surface area contributed by atoms with Crippen LogP contribution in [0.25, 0.3) is 0 Å². The van der Waals surface area contributed by atoms with Gasteiger partial charge in [-0.25, -0.2) is 0 Å². The first-order chi connectivity index (χ1) is 7.40. The third-order valence-corrected chi connectivity index (χ3v) is 3.16. The van der Waals surface area contributed by atoms with Crippen LogP contribution in [0.5, 0.6) is 0 Å². The molecule has 0 spiro atoms. The molecule has 3 heteroatoms. The lowest BCUT2D eigenvalue weighted by Gasteiger charge is -2.18. The molecule has 1 atom stereocenters. The first kappa shape index (κ1) is 11.1. The van der Waals surface area contributed by atoms with E-state index in [0.717, 1.165) is 17.7 Å². The summed E-state index contributed by atoms with van der Waals surface area (Å²) < 4.78 is 0. The maximum Gasteiger partial charge on any atom is 0.221 e. The van der Waals surface area contributed by atoms with Crippen molar-refractivity contribution in [3.05, 3.63) is 29.3 Å². The van der Waals surface area contributed by atoms with Crippen molar-refractivity contribution in [3.63, 3.8) is 0 Å². The van der Waals surface area contributed by atoms with Gasteiger partial charge in [0, 0.05) is 12.6 Å². The Bertz CT molecular complexity index is 438. The number of rotatable bonds is 1. The molecule has 3 nitrogen and oxygen atoms in total. The Labute approximate surface area is 95.5 Å². The van der Waals surface area contributed by atoms with Crippen molar-refractivity contribution in [2.24, 2.45) is 0 Å². The molecule has 0 aromatic heterocycles. The van der Waals surface area contributed by atoms with Crippen molar-refractivity contribution in [1.29, 1.82) is 0 Å². The molecule has 0 fully saturated rings. The third kappa shape index (κ3) is 1.83. The normalized spacial score (nSPS) is 21.6. The summed E-state index contributed by atoms with van der Waals surface area (Å²) in [5, 5.41) is 12.7. The molecule has 1 aromatic rings. The van der Waals surface area contributed by atoms with Gasteiger partial charge in [-0.2, -0.15) is 0 Å². The van der Waals surface area contributed by atoms with E-state index >= 15 is 0 Å². The van der Waals surface area contributed by atoms with Gasteiger partial charge in [0.25, 0.3) is 0 Å². The van der Waals surface area contributed by atoms with Crippen LogP contribution in [0.15, 0.2) is 18.2 Å². The van der Waals surface area contributed by atoms with Crippen LogP contribution < -0.4 is 5.32 Å². The number of hydrogen-bond donors (Lipinski definition) is 2. The lowest BCUT2D eigenvalue weighted by Crippen LogP contribution is -2.12. The number of nitrogens with one attached hydrogen (secondary N) is 1. The zero-order valence-electron chi connectivity index (χ0n) is 9.87. The third-order valence-electron chi connectivity index (χ3n) is 3.16. The van der Waals surface area contributed by atoms with Gasteiger partial charge in [0.1, 0.15) is 0 Å². The fraction of sp³-hybridized carbons (Fsp3) is 0.462. The van der Waals surface area contributed by atoms with Crippen molar-refractivity contribution in [2.75, 3.05) is 5.32 Å². The standard InChI is InChI=1S/C13H17NO2/c1-8(15)14-9-4-5-11-10(6-9)12(16)7-13(11,2)3/h4-6,12,16H,7H2,1-3H3,(H,14,15). The van der Waals surface area contributed by atoms with Crippen molar-refractivity contribution in [1.82, 2.24) is 0 Å². The number of aliphatic hydroxyl groups is 1. The van der Waals surface area contributed by atoms with Crippen LogP contribution in [0.3, 0.4) is 0 Å². The minimum atomic E-state index is -0.418. The number of benzene rings is 1. The molecule has 1 aromatic carbocycles. The molecular weight excluding hydrogens is 202 g/mol. The van der Waals surface area contributed by atoms with Crippen LogP contribution in [-0.4, -0.2) is 11.0 Å². The quantitative estimate of drug-likeness (QED) is 0.761. The molecule has 0 radical (unpaired) electrons. The van der Waals surface area contributed by atoms with Gasteiger partial charge in [-0.3, -0.25) is 4.79 Å². The smallest absolute Gasteiger partial charge is 0.221 e. The Morgan fingerprint density at radius 2 is 2.19 bits per heavy atom. The number of aliphatic hydroxyl groups excluding tert-OH is 1. The van der Waals surface area contributed by atoms with Crippen molar-refractivity contribution in [2.45, 2.75) is 38.7 Å². The Kier molecular flexibility index (Phi) is 2.50. The van der Waals surface area contributed by atoms with Crippen molar-refractivity contribution < 1.29 is 9.90 Å². The van der Waals surface area contributed by atoms with Crippen LogP contribution >= 0.6 is 0 Å². The van der Waals surface area contributed by atoms with E-state index in [9.17, 15) is 9.90 Å². The highest BCUT2D eigenvalue weighted by Crippen LogP contribution is 2.45. The molecule has 0 bridgehead atoms. The maximum absolute atomic E-state index is 10.9. The summed E-state index contributed by atoms with van der Waals surface area (Å²) in [5.74, 6) is -0.0910. The predicted octanol–water partition coefficient (Wildman–Crippen LogP) is 2.36. The van der Waals surface area contributed by atoms with Crippen LogP contribution in [0.2, 0.25) is 0 Å². The van der Waals surface area contributed by atoms with E-state index in [4.69, 9.17) is 0 Å². The van der Waals surface area contributed by atoms with Gasteiger partial charge in [-0.15, -0.1) is 0 Å². The Morgan fingerprint density at radius 3 is 2.81 bits per heavy atom. The molecule has 0 heterocycles. The Morgan fingerprint density at radius 1 is 1.50 bits per heavy atom. The fourth-order valence-electron chi connectivity index (χ4n) is 2.44. The molecule has 1 aliphatic carbocycles. The van der Waals surface area contributed by atoms with Gasteiger partial charge in [0.15, 0.2) is 0 Å². The molecule has 2 rings (SSSR count). The van der Waals surface area contributed by atoms with E-state index in [1.54, 1.807) is 0 Å². The number of anilines is 1. The highest BCUT2D eigenvalue weighted by Gasteiger charge is 2.35. The van der Waals surface area contributed by atoms with Crippen molar-refractivity contribution >= 4 is 11.6 Å². The van der Waals surface area contributed by atoms with E-state index in [1.165, 1.54) is 12.5 Å². The average Bonchev–Trinajstić information content (AvgIpc) is 2.36. The summed E-state index contributed by atoms with van der Waals surface area (Å²) >= 11 is 0. The predicted molar refractivity (Wildman–Crippen MR) is 63.3 cm³/mol. The van der Waals surface area contributed by atoms with Gasteiger partial charge in [0.2, 0.25) is 5.91 Å². The monoisotopic (exact) mass is 219 g/mol. The first-order valence-corrected chi connectivity index (χ1v) is 5.50. The lowest BCUT2D eigenvalue weighted by molar-refractivity contribution is -0.114. The molecule has 2 N–H and O–H groups in total. The number of amides is 1. The SMILES string of the molecule is CC(=O)Nc1ccc2c(c1)C(O)CC2(C)C. The molecule has 0 saturated carbocycles. The highest BCUT2D eigenvalue weighted by atomic mass is 16.3. The molecule has 1 amide bonds. The summed E-state index contributed by atoms with van der Waals surface area (Å²) in [6, 6.07) is 5.76. The maximum atomic E-state index is 10.9. The summed E-state index contributed by atoms with van der Waals surface area (Å²) in [6.45, 7) is 5.73. The molecule has 1 unspecified atom stereocenters. The number of carbonyl (C=O) groups is 1. The lowest BCUT2D eigenvalue weighted by atomic mass is 9.86. The van der Waals surface area contributed by atoms with E-state index in [2.05, 4.69) is 19.2 Å². The van der Waals surface area contributed by atoms with Gasteiger partial charge < -0.3 is 10.4 Å². The summed E-state index contributed by atoms with van der Waals surface area (Å²) in [5.41, 5.74) is 2.89. The minimum Gasteiger partial charge on any atom is -0.388 e. The van der Waals surface area contributed by atoms with Crippen molar-refractivity contribution in [3.8, 4) is 0 Å². The zero-order chi connectivity index (χ0) is 11.9. The molecule has 0 saturated heterocycles. The average molecular weight is 219 g/mol. The van der Waals surface area contributed by atoms with Gasteiger partial charge in [-0.05, 0) is 35.1 Å². The second-order valence-electron chi connectivity index (χ2n) is 5.09. The van der Waals surface area contributed by atoms with E-state index < -0.39 is 6.10 Å². The summed E-state index contributed by atoms with van der Waals surface area (Å²) in [7, 11) is 0. The van der Waals surface area contributed by atoms with Crippen LogP contribution in [0, 0.1) is 0 Å². The largest absolute Gasteiger partial charge is 0.388 e. The number of fused-ring (bicyclic) bond motifs is 1. The summed E-state index contributed by atoms with van der Waals surface area (Å²) in [6.07, 6.45) is 0.324. The summed E-state index contributed by atoms with van der Waals surface area (Å²) in [4.78, 5) is 10.9. The van der Waals surface area contributed by atoms with E-state index in [-0.39, 0.29) is 11.3 Å². The fourth-order valence-corrected chi connectivity index (χ4v) is 2.44. The van der Waals surface area contributed by atoms with E-state index in [1.807, 2.05) is 18.2 Å². The number of carbonyl (C=O) groups excluding carboxylic acids is 1. The second kappa shape index (κ2) is 3.59. The zero-order valence-corrected chi connectivity index (χ0v) is 9.87. The first-order valence-electron chi connectivity index (χ1n) is 5.50. The van der Waals surface area contributed by atoms with Gasteiger partial charge >= 0.3 is 0 Å². The van der Waals surface area contributed by atoms with Gasteiger partial charge in [0.05, 0.1) is 6.10 Å². The molecule has 86 valence electrons. The molecular formula is C13H17NO2. The minimum absolute atomic E-state index is 0.0174. The molecule has 0 aliphatic heterocycles. The second-order valence-corrected chi connectivity index (χ2v) is 5.09. The van der Waals surface area contributed by atoms with Crippen LogP contribution in [-0.2, 0) is 10.2 Å². The topological polar surface area (TPSA) is 49.3 Å². The van der Waals surface area contributed by atoms with Crippen LogP contribution in [0.1, 0.15) is 44.4 Å². The molecule has 1 aliphatic rings. The Balaban J connectivity index is 2.40. The van der Waals surface area contributed by atoms with E-state index in [0.29, 0.717) is 0 Å². The van der Waals surface area contributed by atoms with Crippen LogP contribution in [0.4, 0.5) is 5.69 Å². The highest BCUT2D eigenvalue weighted by molar-refractivity contribution is 5.88. The Hall–Kier alpha value is -1.35.